The molecule has 0 aliphatic heterocycles. The van der Waals surface area contributed by atoms with Gasteiger partial charge < -0.3 is 0 Å². The van der Waals surface area contributed by atoms with Gasteiger partial charge in [-0.2, -0.15) is 0 Å². The first kappa shape index (κ1) is 26.6. The second-order valence-corrected chi connectivity index (χ2v) is 13.9. The van der Waals surface area contributed by atoms with Crippen molar-refractivity contribution in [2.45, 2.75) is 0 Å². The van der Waals surface area contributed by atoms with E-state index in [1.165, 1.54) is 46.4 Å². The maximum atomic E-state index is 5.50. The van der Waals surface area contributed by atoms with Crippen molar-refractivity contribution in [2.24, 2.45) is 0 Å². The molecule has 3 heterocycles. The van der Waals surface area contributed by atoms with Crippen LogP contribution in [0.2, 0.25) is 0 Å². The van der Waals surface area contributed by atoms with E-state index < -0.39 is 0 Å². The minimum atomic E-state index is 0.657. The summed E-state index contributed by atoms with van der Waals surface area (Å²) in [4.78, 5) is 13.2. The summed E-state index contributed by atoms with van der Waals surface area (Å²) in [6.45, 7) is 0. The number of para-hydroxylation sites is 1. The Bertz CT molecular complexity index is 2810. The van der Waals surface area contributed by atoms with E-state index in [9.17, 15) is 0 Å². The third kappa shape index (κ3) is 4.17. The molecule has 0 aliphatic carbocycles. The molecule has 0 fully saturated rings. The van der Waals surface area contributed by atoms with Crippen LogP contribution in [0.15, 0.2) is 152 Å². The lowest BCUT2D eigenvalue weighted by atomic mass is 10.0. The van der Waals surface area contributed by atoms with Crippen LogP contribution < -0.4 is 4.90 Å². The molecule has 0 unspecified atom stereocenters. The summed E-state index contributed by atoms with van der Waals surface area (Å²) in [5, 5.41) is 8.56. The van der Waals surface area contributed by atoms with Crippen LogP contribution >= 0.6 is 22.7 Å². The molecule has 0 saturated carbocycles. The van der Waals surface area contributed by atoms with E-state index in [1.54, 1.807) is 11.3 Å². The molecule has 3 aromatic heterocycles. The molecule has 10 rings (SSSR count). The Labute approximate surface area is 278 Å². The normalized spacial score (nSPS) is 11.8. The van der Waals surface area contributed by atoms with Crippen LogP contribution in [0, 0.1) is 0 Å². The first-order valence-electron chi connectivity index (χ1n) is 15.7. The molecule has 0 spiro atoms. The molecule has 0 N–H and O–H groups in total. The molecule has 0 saturated heterocycles. The van der Waals surface area contributed by atoms with Gasteiger partial charge in [-0.1, -0.05) is 115 Å². The van der Waals surface area contributed by atoms with Gasteiger partial charge in [0.25, 0.3) is 0 Å². The summed E-state index contributed by atoms with van der Waals surface area (Å²) >= 11 is 3.60. The summed E-state index contributed by atoms with van der Waals surface area (Å²) in [5.74, 6) is 0.657. The summed E-state index contributed by atoms with van der Waals surface area (Å²) < 4.78 is 4.80. The minimum Gasteiger partial charge on any atom is -0.278 e. The average molecular weight is 636 g/mol. The topological polar surface area (TPSA) is 29.0 Å². The van der Waals surface area contributed by atoms with E-state index >= 15 is 0 Å². The SMILES string of the molecule is c1ccc(N(c2nc(-c3ccc4ccccc4c3)c3sc4ccccc4c3n2)c2cc3ccccc3c3c2sc2ccccc23)cc1. The highest BCUT2D eigenvalue weighted by atomic mass is 32.1. The van der Waals surface area contributed by atoms with Crippen LogP contribution in [0.25, 0.3) is 73.3 Å². The fourth-order valence-electron chi connectivity index (χ4n) is 6.87. The van der Waals surface area contributed by atoms with Crippen LogP contribution in [-0.4, -0.2) is 9.97 Å². The van der Waals surface area contributed by atoms with E-state index in [4.69, 9.17) is 9.97 Å². The molecule has 5 heteroatoms. The summed E-state index contributed by atoms with van der Waals surface area (Å²) in [6.07, 6.45) is 0. The van der Waals surface area contributed by atoms with Crippen LogP contribution in [-0.2, 0) is 0 Å². The van der Waals surface area contributed by atoms with Crippen molar-refractivity contribution in [2.75, 3.05) is 4.90 Å². The largest absolute Gasteiger partial charge is 0.278 e. The third-order valence-electron chi connectivity index (χ3n) is 9.04. The fourth-order valence-corrected chi connectivity index (χ4v) is 9.25. The Kier molecular flexibility index (Phi) is 5.92. The maximum Gasteiger partial charge on any atom is 0.235 e. The minimum absolute atomic E-state index is 0.657. The van der Waals surface area contributed by atoms with E-state index in [0.717, 1.165) is 38.2 Å². The predicted molar refractivity (Wildman–Crippen MR) is 203 cm³/mol. The second-order valence-electron chi connectivity index (χ2n) is 11.8. The van der Waals surface area contributed by atoms with E-state index in [1.807, 2.05) is 11.3 Å². The number of hydrogen-bond donors (Lipinski definition) is 0. The molecule has 0 amide bonds. The zero-order valence-corrected chi connectivity index (χ0v) is 26.7. The summed E-state index contributed by atoms with van der Waals surface area (Å²) in [5.41, 5.74) is 5.11. The number of anilines is 3. The molecule has 47 heavy (non-hydrogen) atoms. The molecule has 0 atom stereocenters. The van der Waals surface area contributed by atoms with Gasteiger partial charge in [0.2, 0.25) is 5.95 Å². The maximum absolute atomic E-state index is 5.50. The highest BCUT2D eigenvalue weighted by Gasteiger charge is 2.25. The second kappa shape index (κ2) is 10.5. The molecule has 220 valence electrons. The van der Waals surface area contributed by atoms with Gasteiger partial charge >= 0.3 is 0 Å². The van der Waals surface area contributed by atoms with Crippen LogP contribution in [0.5, 0.6) is 0 Å². The fraction of sp³-hybridized carbons (Fsp3) is 0. The molecular formula is C42H25N3S2. The van der Waals surface area contributed by atoms with Gasteiger partial charge in [-0.25, -0.2) is 9.97 Å². The van der Waals surface area contributed by atoms with Crippen molar-refractivity contribution in [1.29, 1.82) is 0 Å². The third-order valence-corrected chi connectivity index (χ3v) is 11.4. The van der Waals surface area contributed by atoms with Crippen molar-refractivity contribution in [3.8, 4) is 11.3 Å². The lowest BCUT2D eigenvalue weighted by Crippen LogP contribution is -2.14. The Morgan fingerprint density at radius 2 is 1.11 bits per heavy atom. The number of rotatable bonds is 4. The van der Waals surface area contributed by atoms with Gasteiger partial charge in [0.15, 0.2) is 0 Å². The number of fused-ring (bicyclic) bond motifs is 9. The van der Waals surface area contributed by atoms with Gasteiger partial charge in [0.1, 0.15) is 0 Å². The molecule has 0 bridgehead atoms. The van der Waals surface area contributed by atoms with Crippen molar-refractivity contribution < 1.29 is 0 Å². The van der Waals surface area contributed by atoms with Gasteiger partial charge in [0, 0.05) is 36.8 Å². The molecule has 10 aromatic rings. The van der Waals surface area contributed by atoms with Crippen LogP contribution in [0.4, 0.5) is 17.3 Å². The number of aromatic nitrogens is 2. The summed E-state index contributed by atoms with van der Waals surface area (Å²) in [7, 11) is 0. The van der Waals surface area contributed by atoms with E-state index in [-0.39, 0.29) is 0 Å². The summed E-state index contributed by atoms with van der Waals surface area (Å²) in [6, 6.07) is 54.1. The van der Waals surface area contributed by atoms with Crippen LogP contribution in [0.3, 0.4) is 0 Å². The number of nitrogens with zero attached hydrogens (tertiary/aromatic N) is 3. The van der Waals surface area contributed by atoms with Gasteiger partial charge in [-0.3, -0.25) is 4.90 Å². The Morgan fingerprint density at radius 1 is 0.468 bits per heavy atom. The molecule has 0 radical (unpaired) electrons. The Morgan fingerprint density at radius 3 is 1.94 bits per heavy atom. The zero-order valence-electron chi connectivity index (χ0n) is 25.1. The Hall–Kier alpha value is -5.62. The highest BCUT2D eigenvalue weighted by Crippen LogP contribution is 2.48. The quantitative estimate of drug-likeness (QED) is 0.193. The predicted octanol–water partition coefficient (Wildman–Crippen LogP) is 12.7. The first-order valence-corrected chi connectivity index (χ1v) is 17.3. The smallest absolute Gasteiger partial charge is 0.235 e. The van der Waals surface area contributed by atoms with E-state index in [2.05, 4.69) is 157 Å². The molecule has 0 aliphatic rings. The first-order chi connectivity index (χ1) is 23.3. The molecular weight excluding hydrogens is 611 g/mol. The zero-order chi connectivity index (χ0) is 30.9. The van der Waals surface area contributed by atoms with Crippen molar-refractivity contribution in [1.82, 2.24) is 9.97 Å². The van der Waals surface area contributed by atoms with Gasteiger partial charge in [0.05, 0.1) is 26.3 Å². The van der Waals surface area contributed by atoms with Crippen molar-refractivity contribution in [3.63, 3.8) is 0 Å². The standard InChI is InChI=1S/C42H25N3S2/c1-2-15-30(16-3-1)45(34-25-28-14-6-7-17-31(28)37-32-18-8-10-20-35(32)46-40(34)37)42-43-38(29-23-22-26-12-4-5-13-27(26)24-29)41-39(44-42)33-19-9-11-21-36(33)47-41/h1-25H. The highest BCUT2D eigenvalue weighted by molar-refractivity contribution is 7.27. The Balaban J connectivity index is 1.33. The molecule has 3 nitrogen and oxygen atoms in total. The number of benzene rings is 7. The van der Waals surface area contributed by atoms with Gasteiger partial charge in [-0.15, -0.1) is 22.7 Å². The number of hydrogen-bond acceptors (Lipinski definition) is 5. The van der Waals surface area contributed by atoms with Crippen LogP contribution in [0.1, 0.15) is 0 Å². The van der Waals surface area contributed by atoms with Crippen molar-refractivity contribution in [3.05, 3.63) is 152 Å². The van der Waals surface area contributed by atoms with Gasteiger partial charge in [-0.05, 0) is 57.9 Å². The van der Waals surface area contributed by atoms with E-state index in [0.29, 0.717) is 5.95 Å². The lowest BCUT2D eigenvalue weighted by Gasteiger charge is -2.25. The molecule has 7 aromatic carbocycles. The van der Waals surface area contributed by atoms with Crippen molar-refractivity contribution >= 4 is 102 Å². The lowest BCUT2D eigenvalue weighted by molar-refractivity contribution is 1.12. The average Bonchev–Trinajstić information content (AvgIpc) is 3.71. The monoisotopic (exact) mass is 635 g/mol. The number of thiophene rings is 2.